The van der Waals surface area contributed by atoms with E-state index in [1.54, 1.807) is 19.2 Å². The third kappa shape index (κ3) is 2.55. The molecule has 0 radical (unpaired) electrons. The van der Waals surface area contributed by atoms with Crippen LogP contribution >= 0.6 is 15.9 Å². The number of aromatic nitrogens is 2. The van der Waals surface area contributed by atoms with Crippen molar-refractivity contribution in [2.45, 2.75) is 0 Å². The smallest absolute Gasteiger partial charge is 0.353 e. The number of hydrogen-bond acceptors (Lipinski definition) is 4. The second-order valence-corrected chi connectivity index (χ2v) is 4.49. The van der Waals surface area contributed by atoms with Crippen LogP contribution in [0, 0.1) is 0 Å². The van der Waals surface area contributed by atoms with Crippen molar-refractivity contribution in [3.05, 3.63) is 28.5 Å². The van der Waals surface area contributed by atoms with Gasteiger partial charge in [-0.25, -0.2) is 9.78 Å². The van der Waals surface area contributed by atoms with Crippen molar-refractivity contribution in [3.63, 3.8) is 0 Å². The van der Waals surface area contributed by atoms with E-state index < -0.39 is 5.97 Å². The monoisotopic (exact) mass is 326 g/mol. The van der Waals surface area contributed by atoms with E-state index in [2.05, 4.69) is 25.9 Å². The minimum Gasteiger partial charge on any atom is -0.493 e. The number of nitrogens with one attached hydrogen (secondary N) is 1. The predicted molar refractivity (Wildman–Crippen MR) is 71.8 cm³/mol. The summed E-state index contributed by atoms with van der Waals surface area (Å²) in [7, 11) is 3.07. The molecule has 0 aliphatic rings. The van der Waals surface area contributed by atoms with Crippen molar-refractivity contribution in [3.8, 4) is 22.9 Å². The molecule has 0 fully saturated rings. The van der Waals surface area contributed by atoms with E-state index in [9.17, 15) is 4.79 Å². The lowest BCUT2D eigenvalue weighted by Crippen LogP contribution is -1.96. The van der Waals surface area contributed by atoms with Gasteiger partial charge in [-0.3, -0.25) is 0 Å². The van der Waals surface area contributed by atoms with Crippen LogP contribution in [-0.4, -0.2) is 35.3 Å². The predicted octanol–water partition coefficient (Wildman–Crippen LogP) is 2.55. The molecule has 1 aromatic carbocycles. The van der Waals surface area contributed by atoms with Gasteiger partial charge in [0.25, 0.3) is 0 Å². The Kier molecular flexibility index (Phi) is 3.75. The number of imidazole rings is 1. The molecule has 0 saturated carbocycles. The zero-order valence-electron chi connectivity index (χ0n) is 10.2. The Morgan fingerprint density at radius 1 is 1.32 bits per heavy atom. The highest BCUT2D eigenvalue weighted by Crippen LogP contribution is 2.37. The number of carboxylic acids is 1. The van der Waals surface area contributed by atoms with Gasteiger partial charge in [0.05, 0.1) is 20.4 Å². The van der Waals surface area contributed by atoms with Crippen molar-refractivity contribution >= 4 is 21.9 Å². The Hall–Kier alpha value is -2.02. The second kappa shape index (κ2) is 5.31. The number of nitrogens with zero attached hydrogens (tertiary/aromatic N) is 1. The normalized spacial score (nSPS) is 10.3. The lowest BCUT2D eigenvalue weighted by molar-refractivity contribution is 0.0691. The number of carboxylic acid groups (broad SMARTS) is 1. The maximum atomic E-state index is 10.8. The molecule has 2 aromatic rings. The van der Waals surface area contributed by atoms with Crippen LogP contribution in [-0.2, 0) is 0 Å². The lowest BCUT2D eigenvalue weighted by Gasteiger charge is -2.10. The molecule has 0 bridgehead atoms. The third-order valence-corrected chi connectivity index (χ3v) is 3.19. The molecule has 0 aliphatic heterocycles. The first-order valence-corrected chi connectivity index (χ1v) is 6.06. The van der Waals surface area contributed by atoms with E-state index in [4.69, 9.17) is 14.6 Å². The van der Waals surface area contributed by atoms with Gasteiger partial charge in [0.2, 0.25) is 0 Å². The molecule has 7 heteroatoms. The zero-order chi connectivity index (χ0) is 14.0. The van der Waals surface area contributed by atoms with Gasteiger partial charge in [-0.05, 0) is 28.1 Å². The molecule has 1 heterocycles. The van der Waals surface area contributed by atoms with Crippen LogP contribution in [0.3, 0.4) is 0 Å². The summed E-state index contributed by atoms with van der Waals surface area (Å²) < 4.78 is 11.1. The minimum atomic E-state index is -1.06. The molecular weight excluding hydrogens is 316 g/mol. The number of halogens is 1. The molecular formula is C12H11BrN2O4. The summed E-state index contributed by atoms with van der Waals surface area (Å²) in [5.41, 5.74) is 0.710. The fourth-order valence-electron chi connectivity index (χ4n) is 1.60. The molecule has 0 spiro atoms. The SMILES string of the molecule is COc1cc(Br)c(-c2ncc(C(=O)O)[nH]2)cc1OC. The van der Waals surface area contributed by atoms with E-state index in [1.165, 1.54) is 13.3 Å². The van der Waals surface area contributed by atoms with Gasteiger partial charge in [-0.2, -0.15) is 0 Å². The summed E-state index contributed by atoms with van der Waals surface area (Å²) in [5.74, 6) is 0.484. The molecule has 0 amide bonds. The summed E-state index contributed by atoms with van der Waals surface area (Å²) in [6, 6.07) is 3.45. The van der Waals surface area contributed by atoms with E-state index in [0.29, 0.717) is 22.9 Å². The van der Waals surface area contributed by atoms with E-state index in [0.717, 1.165) is 4.47 Å². The molecule has 0 atom stereocenters. The van der Waals surface area contributed by atoms with Gasteiger partial charge < -0.3 is 19.6 Å². The number of aromatic amines is 1. The van der Waals surface area contributed by atoms with Crippen molar-refractivity contribution < 1.29 is 19.4 Å². The van der Waals surface area contributed by atoms with Gasteiger partial charge in [0.1, 0.15) is 11.5 Å². The van der Waals surface area contributed by atoms with Crippen LogP contribution in [0.4, 0.5) is 0 Å². The van der Waals surface area contributed by atoms with Crippen LogP contribution < -0.4 is 9.47 Å². The number of hydrogen-bond donors (Lipinski definition) is 2. The first kappa shape index (κ1) is 13.4. The van der Waals surface area contributed by atoms with Crippen LogP contribution in [0.15, 0.2) is 22.8 Å². The Morgan fingerprint density at radius 2 is 1.95 bits per heavy atom. The maximum Gasteiger partial charge on any atom is 0.353 e. The number of methoxy groups -OCH3 is 2. The Balaban J connectivity index is 2.51. The number of ether oxygens (including phenoxy) is 2. The summed E-state index contributed by atoms with van der Waals surface area (Å²) in [4.78, 5) is 17.6. The Labute approximate surface area is 117 Å². The average molecular weight is 327 g/mol. The molecule has 2 rings (SSSR count). The minimum absolute atomic E-state index is 0.0247. The fourth-order valence-corrected chi connectivity index (χ4v) is 2.11. The van der Waals surface area contributed by atoms with Crippen LogP contribution in [0.25, 0.3) is 11.4 Å². The summed E-state index contributed by atoms with van der Waals surface area (Å²) >= 11 is 3.39. The number of carbonyl (C=O) groups is 1. The van der Waals surface area contributed by atoms with Crippen molar-refractivity contribution in [2.75, 3.05) is 14.2 Å². The van der Waals surface area contributed by atoms with Gasteiger partial charge in [-0.15, -0.1) is 0 Å². The molecule has 6 nitrogen and oxygen atoms in total. The Morgan fingerprint density at radius 3 is 2.47 bits per heavy atom. The van der Waals surface area contributed by atoms with Crippen molar-refractivity contribution in [1.29, 1.82) is 0 Å². The second-order valence-electron chi connectivity index (χ2n) is 3.64. The van der Waals surface area contributed by atoms with Crippen molar-refractivity contribution in [1.82, 2.24) is 9.97 Å². The van der Waals surface area contributed by atoms with E-state index in [-0.39, 0.29) is 5.69 Å². The van der Waals surface area contributed by atoms with Gasteiger partial charge in [-0.1, -0.05) is 0 Å². The summed E-state index contributed by atoms with van der Waals surface area (Å²) in [6.45, 7) is 0. The quantitative estimate of drug-likeness (QED) is 0.901. The third-order valence-electron chi connectivity index (χ3n) is 2.53. The summed E-state index contributed by atoms with van der Waals surface area (Å²) in [5, 5.41) is 8.87. The first-order chi connectivity index (χ1) is 9.06. The fraction of sp³-hybridized carbons (Fsp3) is 0.167. The van der Waals surface area contributed by atoms with Crippen LogP contribution in [0.2, 0.25) is 0 Å². The molecule has 0 aliphatic carbocycles. The highest BCUT2D eigenvalue weighted by Gasteiger charge is 2.15. The zero-order valence-corrected chi connectivity index (χ0v) is 11.8. The number of benzene rings is 1. The first-order valence-electron chi connectivity index (χ1n) is 5.27. The molecule has 0 saturated heterocycles. The Bertz CT molecular complexity index is 624. The number of rotatable bonds is 4. The average Bonchev–Trinajstić information content (AvgIpc) is 2.87. The largest absolute Gasteiger partial charge is 0.493 e. The number of H-pyrrole nitrogens is 1. The maximum absolute atomic E-state index is 10.8. The highest BCUT2D eigenvalue weighted by atomic mass is 79.9. The molecule has 100 valence electrons. The van der Waals surface area contributed by atoms with Gasteiger partial charge >= 0.3 is 5.97 Å². The number of aromatic carboxylic acids is 1. The molecule has 1 aromatic heterocycles. The topological polar surface area (TPSA) is 84.4 Å². The lowest BCUT2D eigenvalue weighted by atomic mass is 10.2. The molecule has 0 unspecified atom stereocenters. The standard InChI is InChI=1S/C12H11BrN2O4/c1-18-9-3-6(7(13)4-10(9)19-2)11-14-5-8(15-11)12(16)17/h3-5H,1-2H3,(H,14,15)(H,16,17). The van der Waals surface area contributed by atoms with Crippen molar-refractivity contribution in [2.24, 2.45) is 0 Å². The molecule has 2 N–H and O–H groups in total. The van der Waals surface area contributed by atoms with Gasteiger partial charge in [0.15, 0.2) is 11.5 Å². The molecule has 19 heavy (non-hydrogen) atoms. The summed E-state index contributed by atoms with van der Waals surface area (Å²) in [6.07, 6.45) is 1.26. The van der Waals surface area contributed by atoms with Crippen LogP contribution in [0.1, 0.15) is 10.5 Å². The van der Waals surface area contributed by atoms with Crippen LogP contribution in [0.5, 0.6) is 11.5 Å². The highest BCUT2D eigenvalue weighted by molar-refractivity contribution is 9.10. The van der Waals surface area contributed by atoms with Gasteiger partial charge in [0, 0.05) is 10.0 Å². The van der Waals surface area contributed by atoms with E-state index >= 15 is 0 Å². The van der Waals surface area contributed by atoms with E-state index in [1.807, 2.05) is 0 Å².